The number of piperidine rings is 1. The Balaban J connectivity index is 1.40. The summed E-state index contributed by atoms with van der Waals surface area (Å²) in [6.45, 7) is 3.86. The van der Waals surface area contributed by atoms with E-state index >= 15 is 0 Å². The van der Waals surface area contributed by atoms with Gasteiger partial charge in [-0.05, 0) is 37.5 Å². The van der Waals surface area contributed by atoms with Gasteiger partial charge in [-0.1, -0.05) is 29.8 Å². The zero-order valence-electron chi connectivity index (χ0n) is 16.8. The minimum absolute atomic E-state index is 0.0398. The number of nitrogens with one attached hydrogen (secondary N) is 1. The van der Waals surface area contributed by atoms with Crippen LogP contribution in [0.1, 0.15) is 24.0 Å². The second-order valence-corrected chi connectivity index (χ2v) is 7.61. The van der Waals surface area contributed by atoms with E-state index in [1.54, 1.807) is 13.2 Å². The molecule has 0 radical (unpaired) electrons. The van der Waals surface area contributed by atoms with Gasteiger partial charge in [-0.3, -0.25) is 14.2 Å². The van der Waals surface area contributed by atoms with Gasteiger partial charge in [0.05, 0.1) is 0 Å². The van der Waals surface area contributed by atoms with Crippen LogP contribution in [0, 0.1) is 12.8 Å². The van der Waals surface area contributed by atoms with Crippen LogP contribution in [0.5, 0.6) is 0 Å². The molecule has 0 bridgehead atoms. The van der Waals surface area contributed by atoms with Crippen LogP contribution in [0.25, 0.3) is 11.2 Å². The van der Waals surface area contributed by atoms with Crippen molar-refractivity contribution in [1.82, 2.24) is 19.9 Å². The normalized spacial score (nSPS) is 14.9. The Morgan fingerprint density at radius 2 is 2.00 bits per heavy atom. The van der Waals surface area contributed by atoms with Crippen LogP contribution >= 0.6 is 0 Å². The number of amides is 1. The molecule has 2 aromatic heterocycles. The van der Waals surface area contributed by atoms with Gasteiger partial charge >= 0.3 is 0 Å². The van der Waals surface area contributed by atoms with Gasteiger partial charge in [0.2, 0.25) is 5.91 Å². The lowest BCUT2D eigenvalue weighted by molar-refractivity contribution is -0.125. The van der Waals surface area contributed by atoms with Gasteiger partial charge in [-0.15, -0.1) is 0 Å². The standard InChI is InChI=1S/C22H25N5O2/c1-15-5-3-6-16(13-15)14-24-21(28)17-8-11-27(12-9-17)20-22(29)26(2)19-18(25-20)7-4-10-23-19/h3-7,10,13,17H,8-9,11-12,14H2,1-2H3,(H,24,28). The van der Waals surface area contributed by atoms with E-state index in [4.69, 9.17) is 0 Å². The lowest BCUT2D eigenvalue weighted by atomic mass is 9.96. The maximum atomic E-state index is 12.7. The van der Waals surface area contributed by atoms with Crippen molar-refractivity contribution in [3.63, 3.8) is 0 Å². The number of carbonyl (C=O) groups is 1. The quantitative estimate of drug-likeness (QED) is 0.737. The molecule has 1 aliphatic rings. The monoisotopic (exact) mass is 391 g/mol. The SMILES string of the molecule is Cc1cccc(CNC(=O)C2CCN(c3nc4cccnc4n(C)c3=O)CC2)c1. The molecule has 7 nitrogen and oxygen atoms in total. The first-order valence-corrected chi connectivity index (χ1v) is 9.93. The van der Waals surface area contributed by atoms with Crippen molar-refractivity contribution in [2.45, 2.75) is 26.3 Å². The molecule has 0 saturated carbocycles. The molecule has 1 amide bonds. The van der Waals surface area contributed by atoms with Gasteiger partial charge < -0.3 is 10.2 Å². The van der Waals surface area contributed by atoms with Crippen LogP contribution in [-0.2, 0) is 18.4 Å². The molecule has 1 fully saturated rings. The van der Waals surface area contributed by atoms with Gasteiger partial charge in [-0.2, -0.15) is 0 Å². The number of fused-ring (bicyclic) bond motifs is 1. The topological polar surface area (TPSA) is 80.1 Å². The van der Waals surface area contributed by atoms with Gasteiger partial charge in [0.1, 0.15) is 5.52 Å². The molecule has 4 rings (SSSR count). The first kappa shape index (κ1) is 19.1. The van der Waals surface area contributed by atoms with E-state index in [0.29, 0.717) is 49.5 Å². The van der Waals surface area contributed by atoms with Crippen molar-refractivity contribution < 1.29 is 4.79 Å². The molecule has 29 heavy (non-hydrogen) atoms. The highest BCUT2D eigenvalue weighted by Crippen LogP contribution is 2.21. The molecule has 0 spiro atoms. The van der Waals surface area contributed by atoms with Crippen molar-refractivity contribution in [3.05, 3.63) is 64.1 Å². The van der Waals surface area contributed by atoms with Crippen molar-refractivity contribution in [2.75, 3.05) is 18.0 Å². The zero-order valence-corrected chi connectivity index (χ0v) is 16.8. The maximum Gasteiger partial charge on any atom is 0.294 e. The van der Waals surface area contributed by atoms with Gasteiger partial charge in [0.15, 0.2) is 11.5 Å². The summed E-state index contributed by atoms with van der Waals surface area (Å²) in [6.07, 6.45) is 3.06. The van der Waals surface area contributed by atoms with Crippen LogP contribution in [0.15, 0.2) is 47.4 Å². The first-order chi connectivity index (χ1) is 14.0. The van der Waals surface area contributed by atoms with Crippen LogP contribution in [0.4, 0.5) is 5.82 Å². The predicted octanol–water partition coefficient (Wildman–Crippen LogP) is 2.17. The summed E-state index contributed by atoms with van der Waals surface area (Å²) in [4.78, 5) is 36.1. The number of rotatable bonds is 4. The Labute approximate surface area is 169 Å². The van der Waals surface area contributed by atoms with Gasteiger partial charge in [0.25, 0.3) is 5.56 Å². The Hall–Kier alpha value is -3.22. The number of nitrogens with zero attached hydrogens (tertiary/aromatic N) is 4. The highest BCUT2D eigenvalue weighted by molar-refractivity contribution is 5.79. The Morgan fingerprint density at radius 3 is 2.76 bits per heavy atom. The third kappa shape index (κ3) is 3.99. The fourth-order valence-corrected chi connectivity index (χ4v) is 3.86. The largest absolute Gasteiger partial charge is 0.352 e. The smallest absolute Gasteiger partial charge is 0.294 e. The van der Waals surface area contributed by atoms with Crippen molar-refractivity contribution in [1.29, 1.82) is 0 Å². The van der Waals surface area contributed by atoms with E-state index in [1.165, 1.54) is 10.1 Å². The van der Waals surface area contributed by atoms with Crippen molar-refractivity contribution in [3.8, 4) is 0 Å². The number of aromatic nitrogens is 3. The maximum absolute atomic E-state index is 12.7. The molecule has 0 unspecified atom stereocenters. The summed E-state index contributed by atoms with van der Waals surface area (Å²) in [7, 11) is 1.72. The lowest BCUT2D eigenvalue weighted by Gasteiger charge is -2.32. The molecule has 0 aliphatic carbocycles. The molecular formula is C22H25N5O2. The van der Waals surface area contributed by atoms with Crippen LogP contribution in [-0.4, -0.2) is 33.5 Å². The molecule has 150 valence electrons. The van der Waals surface area contributed by atoms with E-state index in [1.807, 2.05) is 42.2 Å². The molecule has 1 N–H and O–H groups in total. The molecule has 1 aliphatic heterocycles. The summed E-state index contributed by atoms with van der Waals surface area (Å²) in [6, 6.07) is 11.8. The minimum Gasteiger partial charge on any atom is -0.352 e. The zero-order chi connectivity index (χ0) is 20.4. The summed E-state index contributed by atoms with van der Waals surface area (Å²) in [5.74, 6) is 0.475. The number of benzene rings is 1. The highest BCUT2D eigenvalue weighted by Gasteiger charge is 2.27. The van der Waals surface area contributed by atoms with E-state index in [9.17, 15) is 9.59 Å². The second-order valence-electron chi connectivity index (χ2n) is 7.61. The fraction of sp³-hybridized carbons (Fsp3) is 0.364. The molecular weight excluding hydrogens is 366 g/mol. The predicted molar refractivity (Wildman–Crippen MR) is 113 cm³/mol. The molecule has 7 heteroatoms. The second kappa shape index (κ2) is 8.03. The molecule has 3 aromatic rings. The van der Waals surface area contributed by atoms with E-state index in [-0.39, 0.29) is 17.4 Å². The number of pyridine rings is 1. The van der Waals surface area contributed by atoms with Crippen LogP contribution in [0.2, 0.25) is 0 Å². The number of carbonyl (C=O) groups excluding carboxylic acids is 1. The number of anilines is 1. The lowest BCUT2D eigenvalue weighted by Crippen LogP contribution is -2.43. The number of aryl methyl sites for hydroxylation is 2. The summed E-state index contributed by atoms with van der Waals surface area (Å²) in [5, 5.41) is 3.05. The van der Waals surface area contributed by atoms with E-state index in [0.717, 1.165) is 5.56 Å². The molecule has 1 saturated heterocycles. The molecule has 3 heterocycles. The van der Waals surface area contributed by atoms with E-state index < -0.39 is 0 Å². The third-order valence-corrected chi connectivity index (χ3v) is 5.52. The number of hydrogen-bond acceptors (Lipinski definition) is 5. The van der Waals surface area contributed by atoms with Crippen molar-refractivity contribution in [2.24, 2.45) is 13.0 Å². The average molecular weight is 391 g/mol. The minimum atomic E-state index is -0.154. The third-order valence-electron chi connectivity index (χ3n) is 5.52. The Morgan fingerprint density at radius 1 is 1.21 bits per heavy atom. The Kier molecular flexibility index (Phi) is 5.29. The van der Waals surface area contributed by atoms with Crippen molar-refractivity contribution >= 4 is 22.9 Å². The van der Waals surface area contributed by atoms with Crippen LogP contribution in [0.3, 0.4) is 0 Å². The highest BCUT2D eigenvalue weighted by atomic mass is 16.2. The summed E-state index contributed by atoms with van der Waals surface area (Å²) < 4.78 is 1.54. The first-order valence-electron chi connectivity index (χ1n) is 9.93. The number of hydrogen-bond donors (Lipinski definition) is 1. The van der Waals surface area contributed by atoms with Gasteiger partial charge in [0, 0.05) is 38.8 Å². The molecule has 1 aromatic carbocycles. The molecule has 0 atom stereocenters. The van der Waals surface area contributed by atoms with Gasteiger partial charge in [-0.25, -0.2) is 9.97 Å². The summed E-state index contributed by atoms with van der Waals surface area (Å²) >= 11 is 0. The Bertz CT molecular complexity index is 1100. The van der Waals surface area contributed by atoms with Crippen LogP contribution < -0.4 is 15.8 Å². The average Bonchev–Trinajstić information content (AvgIpc) is 2.75. The van der Waals surface area contributed by atoms with E-state index in [2.05, 4.69) is 21.4 Å². The fourth-order valence-electron chi connectivity index (χ4n) is 3.86. The summed E-state index contributed by atoms with van der Waals surface area (Å²) in [5.41, 5.74) is 3.41.